The molecule has 2 fully saturated rings. The Bertz CT molecular complexity index is 501. The molecule has 0 N–H and O–H groups in total. The van der Waals surface area contributed by atoms with Crippen molar-refractivity contribution < 1.29 is 34.7 Å². The quantitative estimate of drug-likeness (QED) is 0.406. The Morgan fingerprint density at radius 3 is 2.32 bits per heavy atom. The third-order valence-electron chi connectivity index (χ3n) is 4.69. The molecule has 0 saturated carbocycles. The fraction of sp³-hybridized carbons (Fsp3) is 0.625. The summed E-state index contributed by atoms with van der Waals surface area (Å²) >= 11 is 4.46. The fourth-order valence-electron chi connectivity index (χ4n) is 3.52. The molecular weight excluding hydrogens is 513 g/mol. The number of piperidine rings is 1. The molecule has 0 atom stereocenters. The number of rotatable bonds is 3. The largest absolute Gasteiger partial charge is 1.00 e. The molecule has 2 heterocycles. The minimum atomic E-state index is 0. The molecule has 0 spiro atoms. The van der Waals surface area contributed by atoms with E-state index in [1.165, 1.54) is 42.3 Å². The van der Waals surface area contributed by atoms with Crippen LogP contribution in [0, 0.1) is 7.14 Å². The zero-order valence-corrected chi connectivity index (χ0v) is 19.5. The van der Waals surface area contributed by atoms with E-state index in [0.29, 0.717) is 0 Å². The van der Waals surface area contributed by atoms with E-state index in [9.17, 15) is 5.11 Å². The fourth-order valence-corrected chi connectivity index (χ4v) is 5.49. The number of nitrogens with zero attached hydrogens (tertiary/aromatic N) is 2. The first-order valence-corrected chi connectivity index (χ1v) is 9.90. The number of likely N-dealkylation sites (tertiary alicyclic amines) is 2. The second kappa shape index (κ2) is 9.20. The van der Waals surface area contributed by atoms with Crippen LogP contribution in [-0.2, 0) is 6.54 Å². The van der Waals surface area contributed by atoms with Crippen LogP contribution in [0.3, 0.4) is 0 Å². The predicted octanol–water partition coefficient (Wildman–Crippen LogP) is 0.0336. The van der Waals surface area contributed by atoms with E-state index in [1.807, 2.05) is 6.07 Å². The van der Waals surface area contributed by atoms with E-state index in [1.54, 1.807) is 0 Å². The van der Waals surface area contributed by atoms with E-state index < -0.39 is 0 Å². The summed E-state index contributed by atoms with van der Waals surface area (Å²) in [4.78, 5) is 5.13. The number of benzene rings is 1. The second-order valence-corrected chi connectivity index (χ2v) is 8.53. The van der Waals surface area contributed by atoms with Crippen molar-refractivity contribution >= 4 is 45.2 Å². The van der Waals surface area contributed by atoms with Crippen LogP contribution in [0.1, 0.15) is 31.2 Å². The Kier molecular flexibility index (Phi) is 8.24. The Hall–Kier alpha value is 1.40. The molecule has 116 valence electrons. The summed E-state index contributed by atoms with van der Waals surface area (Å²) < 4.78 is 2.01. The van der Waals surface area contributed by atoms with Gasteiger partial charge in [-0.15, -0.1) is 0 Å². The van der Waals surface area contributed by atoms with Crippen LogP contribution in [0.2, 0.25) is 0 Å². The van der Waals surface area contributed by atoms with E-state index in [0.717, 1.165) is 34.8 Å². The predicted molar refractivity (Wildman–Crippen MR) is 100 cm³/mol. The van der Waals surface area contributed by atoms with Crippen molar-refractivity contribution in [3.63, 3.8) is 0 Å². The van der Waals surface area contributed by atoms with Gasteiger partial charge in [0.05, 0.1) is 0 Å². The minimum absolute atomic E-state index is 0. The normalized spacial score (nSPS) is 21.0. The summed E-state index contributed by atoms with van der Waals surface area (Å²) in [5.74, 6) is 0.220. The van der Waals surface area contributed by atoms with Crippen molar-refractivity contribution in [2.24, 2.45) is 0 Å². The summed E-state index contributed by atoms with van der Waals surface area (Å²) in [7, 11) is 0. The van der Waals surface area contributed by atoms with Gasteiger partial charge in [0.2, 0.25) is 0 Å². The topological polar surface area (TPSA) is 29.5 Å². The van der Waals surface area contributed by atoms with Crippen LogP contribution in [-0.4, -0.2) is 42.0 Å². The van der Waals surface area contributed by atoms with Crippen molar-refractivity contribution in [1.29, 1.82) is 0 Å². The molecule has 0 amide bonds. The van der Waals surface area contributed by atoms with Crippen molar-refractivity contribution in [2.75, 3.05) is 26.2 Å². The van der Waals surface area contributed by atoms with Gasteiger partial charge in [-0.25, -0.2) is 0 Å². The van der Waals surface area contributed by atoms with Gasteiger partial charge in [0.25, 0.3) is 0 Å². The molecule has 0 bridgehead atoms. The van der Waals surface area contributed by atoms with Crippen LogP contribution in [0.25, 0.3) is 0 Å². The van der Waals surface area contributed by atoms with Gasteiger partial charge in [-0.3, -0.25) is 4.90 Å². The van der Waals surface area contributed by atoms with Gasteiger partial charge < -0.3 is 10.0 Å². The number of hydrogen-bond acceptors (Lipinski definition) is 3. The molecule has 22 heavy (non-hydrogen) atoms. The van der Waals surface area contributed by atoms with Crippen molar-refractivity contribution in [3.05, 3.63) is 24.8 Å². The monoisotopic (exact) mass is 534 g/mol. The van der Waals surface area contributed by atoms with Crippen molar-refractivity contribution in [2.45, 2.75) is 38.3 Å². The van der Waals surface area contributed by atoms with Gasteiger partial charge >= 0.3 is 29.6 Å². The van der Waals surface area contributed by atoms with E-state index in [4.69, 9.17) is 0 Å². The molecule has 2 saturated heterocycles. The summed E-state index contributed by atoms with van der Waals surface area (Å²) in [6, 6.07) is 4.80. The molecule has 3 rings (SSSR count). The van der Waals surface area contributed by atoms with Gasteiger partial charge in [0.1, 0.15) is 0 Å². The molecule has 1 aromatic carbocycles. The molecule has 2 aliphatic heterocycles. The van der Waals surface area contributed by atoms with Gasteiger partial charge in [0, 0.05) is 19.7 Å². The van der Waals surface area contributed by atoms with Crippen LogP contribution < -0.4 is 34.7 Å². The van der Waals surface area contributed by atoms with Crippen LogP contribution >= 0.6 is 45.2 Å². The van der Waals surface area contributed by atoms with E-state index in [-0.39, 0.29) is 35.3 Å². The Morgan fingerprint density at radius 1 is 1.05 bits per heavy atom. The first-order chi connectivity index (χ1) is 10.1. The summed E-state index contributed by atoms with van der Waals surface area (Å²) in [6.07, 6.45) is 5.27. The molecule has 0 aromatic heterocycles. The van der Waals surface area contributed by atoms with Gasteiger partial charge in [-0.05, 0) is 115 Å². The third kappa shape index (κ3) is 4.95. The Balaban J connectivity index is 0.00000176. The average molecular weight is 534 g/mol. The summed E-state index contributed by atoms with van der Waals surface area (Å²) in [5, 5.41) is 12.2. The van der Waals surface area contributed by atoms with Crippen molar-refractivity contribution in [3.8, 4) is 5.75 Å². The third-order valence-corrected chi connectivity index (χ3v) is 6.12. The molecule has 3 nitrogen and oxygen atoms in total. The SMILES string of the molecule is [Na+].[O-]c1c(I)cc(I)cc1CN1CCC(N2CCCC2)CC1. The standard InChI is InChI=1S/C16H22I2N2O.Na/c17-13-9-12(16(21)15(18)10-13)11-19-7-3-14(4-8-19)20-5-1-2-6-20;/h9-10,14,21H,1-8,11H2;/q;+1/p-1. The maximum absolute atomic E-state index is 12.2. The maximum atomic E-state index is 12.2. The summed E-state index contributed by atoms with van der Waals surface area (Å²) in [5.41, 5.74) is 0.964. The number of hydrogen-bond donors (Lipinski definition) is 0. The summed E-state index contributed by atoms with van der Waals surface area (Å²) in [6.45, 7) is 5.67. The smallest absolute Gasteiger partial charge is 0.872 e. The second-order valence-electron chi connectivity index (χ2n) is 6.13. The first kappa shape index (κ1) is 19.7. The van der Waals surface area contributed by atoms with Crippen LogP contribution in [0.5, 0.6) is 5.75 Å². The first-order valence-electron chi connectivity index (χ1n) is 7.75. The minimum Gasteiger partial charge on any atom is -0.872 e. The Morgan fingerprint density at radius 2 is 1.68 bits per heavy atom. The molecule has 0 radical (unpaired) electrons. The molecule has 2 aliphatic rings. The molecule has 1 aromatic rings. The van der Waals surface area contributed by atoms with Crippen molar-refractivity contribution in [1.82, 2.24) is 9.80 Å². The van der Waals surface area contributed by atoms with Crippen LogP contribution in [0.15, 0.2) is 12.1 Å². The molecule has 0 aliphatic carbocycles. The molecular formula is C16H21I2N2NaO. The maximum Gasteiger partial charge on any atom is 1.00 e. The molecule has 0 unspecified atom stereocenters. The van der Waals surface area contributed by atoms with Gasteiger partial charge in [-0.2, -0.15) is 0 Å². The van der Waals surface area contributed by atoms with E-state index >= 15 is 0 Å². The number of halogens is 2. The zero-order valence-electron chi connectivity index (χ0n) is 13.2. The van der Waals surface area contributed by atoms with E-state index in [2.05, 4.69) is 61.0 Å². The van der Waals surface area contributed by atoms with Crippen LogP contribution in [0.4, 0.5) is 0 Å². The van der Waals surface area contributed by atoms with Gasteiger partial charge in [-0.1, -0.05) is 5.75 Å². The molecule has 6 heteroatoms. The zero-order chi connectivity index (χ0) is 14.8. The Labute approximate surface area is 182 Å². The van der Waals surface area contributed by atoms with Gasteiger partial charge in [0.15, 0.2) is 0 Å². The average Bonchev–Trinajstić information content (AvgIpc) is 2.99.